The van der Waals surface area contributed by atoms with Gasteiger partial charge in [0.25, 0.3) is 0 Å². The van der Waals surface area contributed by atoms with Crippen LogP contribution in [-0.4, -0.2) is 22.7 Å². The average Bonchev–Trinajstić information content (AvgIpc) is 4.18. The van der Waals surface area contributed by atoms with Gasteiger partial charge in [-0.3, -0.25) is 0 Å². The zero-order valence-electron chi connectivity index (χ0n) is 39.0. The van der Waals surface area contributed by atoms with Gasteiger partial charge in [0.1, 0.15) is 0 Å². The lowest BCUT2D eigenvalue weighted by Crippen LogP contribution is -2.48. The molecular formula is C66H40B2N4. The number of anilines is 6. The van der Waals surface area contributed by atoms with Crippen molar-refractivity contribution in [1.29, 1.82) is 0 Å². The maximum Gasteiger partial charge on any atom is 0.330 e. The van der Waals surface area contributed by atoms with Gasteiger partial charge in [-0.2, -0.15) is 0 Å². The molecule has 11 aromatic carbocycles. The van der Waals surface area contributed by atoms with Gasteiger partial charge >= 0.3 is 13.7 Å². The van der Waals surface area contributed by atoms with Gasteiger partial charge in [-0.15, -0.1) is 0 Å². The smallest absolute Gasteiger partial charge is 0.330 e. The standard InChI is InChI=1S/C66H40B2N4/c1-5-21-41(22-6-1)69(42-23-7-2-8-24-42)45-37-51-47-29-13-17-33-55(47)67-63(51)53(39-45)61-59-49-31-15-19-35-57(49)72-66(59)62(60-50-32-16-20-36-58(50)71(67)65(60)61)54-40-46(38-52-48-30-14-18-34-56(48)68(72)64(52)54)70(43-25-9-3-10-26-43)44-27-11-4-12-28-44/h1-40H. The topological polar surface area (TPSA) is 16.3 Å². The molecule has 0 atom stereocenters. The minimum Gasteiger partial charge on any atom is -0.375 e. The van der Waals surface area contributed by atoms with Crippen molar-refractivity contribution in [2.24, 2.45) is 0 Å². The van der Waals surface area contributed by atoms with Gasteiger partial charge in [-0.25, -0.2) is 0 Å². The highest BCUT2D eigenvalue weighted by molar-refractivity contribution is 6.93. The van der Waals surface area contributed by atoms with E-state index in [0.717, 1.165) is 34.1 Å². The molecule has 0 unspecified atom stereocenters. The van der Waals surface area contributed by atoms with Crippen molar-refractivity contribution in [1.82, 2.24) is 8.96 Å². The summed E-state index contributed by atoms with van der Waals surface area (Å²) in [4.78, 5) is 4.90. The Kier molecular flexibility index (Phi) is 7.60. The van der Waals surface area contributed by atoms with Crippen LogP contribution in [0.25, 0.3) is 88.1 Å². The Balaban J connectivity index is 1.08. The largest absolute Gasteiger partial charge is 0.375 e. The van der Waals surface area contributed by atoms with E-state index in [1.807, 2.05) is 0 Å². The minimum atomic E-state index is -0.0145. The molecule has 4 nitrogen and oxygen atoms in total. The van der Waals surface area contributed by atoms with E-state index in [1.165, 1.54) is 110 Å². The van der Waals surface area contributed by atoms with Gasteiger partial charge in [0.15, 0.2) is 0 Å². The zero-order valence-corrected chi connectivity index (χ0v) is 39.0. The zero-order chi connectivity index (χ0) is 46.8. The number of aromatic nitrogens is 2. The third kappa shape index (κ3) is 4.88. The fourth-order valence-electron chi connectivity index (χ4n) is 13.8. The molecule has 0 aliphatic carbocycles. The fraction of sp³-hybridized carbons (Fsp3) is 0. The van der Waals surface area contributed by atoms with Crippen molar-refractivity contribution in [3.63, 3.8) is 0 Å². The second-order valence-corrected chi connectivity index (χ2v) is 19.9. The molecule has 330 valence electrons. The molecule has 17 rings (SSSR count). The summed E-state index contributed by atoms with van der Waals surface area (Å²) in [5.41, 5.74) is 27.9. The van der Waals surface area contributed by atoms with Crippen LogP contribution in [0.1, 0.15) is 0 Å². The van der Waals surface area contributed by atoms with E-state index in [-0.39, 0.29) is 13.7 Å². The Bertz CT molecular complexity index is 4100. The van der Waals surface area contributed by atoms with Crippen molar-refractivity contribution in [3.05, 3.63) is 243 Å². The van der Waals surface area contributed by atoms with Gasteiger partial charge in [0.05, 0.1) is 0 Å². The van der Waals surface area contributed by atoms with E-state index in [0.29, 0.717) is 0 Å². The van der Waals surface area contributed by atoms with Crippen LogP contribution >= 0.6 is 0 Å². The Morgan fingerprint density at radius 1 is 0.278 bits per heavy atom. The predicted octanol–water partition coefficient (Wildman–Crippen LogP) is 14.1. The van der Waals surface area contributed by atoms with E-state index < -0.39 is 0 Å². The summed E-state index contributed by atoms with van der Waals surface area (Å²) in [7, 11) is 0. The molecule has 0 radical (unpaired) electrons. The Morgan fingerprint density at radius 3 is 0.986 bits per heavy atom. The summed E-state index contributed by atoms with van der Waals surface area (Å²) in [6.45, 7) is -0.0290. The summed E-state index contributed by atoms with van der Waals surface area (Å²) in [5, 5.41) is 5.21. The van der Waals surface area contributed by atoms with E-state index in [4.69, 9.17) is 0 Å². The molecule has 0 saturated carbocycles. The first-order chi connectivity index (χ1) is 35.8. The molecule has 0 fully saturated rings. The first-order valence-electron chi connectivity index (χ1n) is 25.2. The van der Waals surface area contributed by atoms with Gasteiger partial charge in [-0.1, -0.05) is 158 Å². The Morgan fingerprint density at radius 2 is 0.597 bits per heavy atom. The van der Waals surface area contributed by atoms with Crippen molar-refractivity contribution >= 4 is 113 Å². The van der Waals surface area contributed by atoms with Gasteiger partial charge < -0.3 is 18.8 Å². The third-order valence-electron chi connectivity index (χ3n) is 16.4. The molecule has 4 aliphatic rings. The van der Waals surface area contributed by atoms with Crippen LogP contribution in [-0.2, 0) is 0 Å². The van der Waals surface area contributed by atoms with E-state index in [9.17, 15) is 0 Å². The highest BCUT2D eigenvalue weighted by Gasteiger charge is 2.48. The number of fused-ring (bicyclic) bond motifs is 18. The first kappa shape index (κ1) is 38.6. The fourth-order valence-corrected chi connectivity index (χ4v) is 13.8. The van der Waals surface area contributed by atoms with Gasteiger partial charge in [0, 0.05) is 88.9 Å². The van der Waals surface area contributed by atoms with Crippen molar-refractivity contribution in [3.8, 4) is 44.5 Å². The van der Waals surface area contributed by atoms with Crippen molar-refractivity contribution in [2.75, 3.05) is 9.80 Å². The SMILES string of the molecule is c1ccc(N(c2ccccc2)c2cc3c4c(c2)-c2c5c6ccccc6n6c5c(c5c7ccccc7n(c25)B4c2ccccc2-3)-c2cc(N(c3ccccc3)c3ccccc3)cc3c2B6c2ccccc2-3)cc1. The van der Waals surface area contributed by atoms with Crippen molar-refractivity contribution < 1.29 is 0 Å². The van der Waals surface area contributed by atoms with Crippen LogP contribution in [0.3, 0.4) is 0 Å². The summed E-state index contributed by atoms with van der Waals surface area (Å²) < 4.78 is 5.49. The highest BCUT2D eigenvalue weighted by Crippen LogP contribution is 2.56. The molecule has 0 amide bonds. The molecule has 0 bridgehead atoms. The number of para-hydroxylation sites is 6. The molecule has 4 aliphatic heterocycles. The van der Waals surface area contributed by atoms with E-state index in [2.05, 4.69) is 261 Å². The number of nitrogens with zero attached hydrogens (tertiary/aromatic N) is 4. The van der Waals surface area contributed by atoms with Crippen LogP contribution in [0.5, 0.6) is 0 Å². The number of rotatable bonds is 6. The Hall–Kier alpha value is -9.25. The molecule has 13 aromatic rings. The lowest BCUT2D eigenvalue weighted by atomic mass is 9.49. The van der Waals surface area contributed by atoms with Crippen LogP contribution < -0.4 is 31.7 Å². The minimum absolute atomic E-state index is 0.0145. The number of hydrogen-bond acceptors (Lipinski definition) is 2. The summed E-state index contributed by atoms with van der Waals surface area (Å²) in [6.07, 6.45) is 0. The average molecular weight is 911 g/mol. The number of benzene rings is 11. The molecule has 2 aromatic heterocycles. The van der Waals surface area contributed by atoms with Gasteiger partial charge in [-0.05, 0) is 140 Å². The quantitative estimate of drug-likeness (QED) is 0.155. The molecule has 0 saturated heterocycles. The van der Waals surface area contributed by atoms with Crippen LogP contribution in [0.15, 0.2) is 243 Å². The van der Waals surface area contributed by atoms with Gasteiger partial charge in [0.2, 0.25) is 0 Å². The predicted molar refractivity (Wildman–Crippen MR) is 304 cm³/mol. The molecule has 72 heavy (non-hydrogen) atoms. The van der Waals surface area contributed by atoms with E-state index >= 15 is 0 Å². The second-order valence-electron chi connectivity index (χ2n) is 19.9. The molecule has 6 heterocycles. The highest BCUT2D eigenvalue weighted by atomic mass is 15.1. The molecular weight excluding hydrogens is 870 g/mol. The van der Waals surface area contributed by atoms with Crippen molar-refractivity contribution in [2.45, 2.75) is 0 Å². The van der Waals surface area contributed by atoms with Crippen LogP contribution in [0.2, 0.25) is 0 Å². The lowest BCUT2D eigenvalue weighted by Gasteiger charge is -2.32. The Labute approximate surface area is 417 Å². The van der Waals surface area contributed by atoms with Crippen LogP contribution in [0.4, 0.5) is 34.1 Å². The van der Waals surface area contributed by atoms with Crippen LogP contribution in [0, 0.1) is 0 Å². The third-order valence-corrected chi connectivity index (χ3v) is 16.4. The number of hydrogen-bond donors (Lipinski definition) is 0. The first-order valence-corrected chi connectivity index (χ1v) is 25.2. The normalized spacial score (nSPS) is 12.9. The maximum absolute atomic E-state index is 2.75. The molecule has 0 spiro atoms. The molecule has 0 N–H and O–H groups in total. The maximum atomic E-state index is 2.75. The lowest BCUT2D eigenvalue weighted by molar-refractivity contribution is 1.28. The summed E-state index contributed by atoms with van der Waals surface area (Å²) in [5.74, 6) is 0. The summed E-state index contributed by atoms with van der Waals surface area (Å²) in [6, 6.07) is 90.5. The molecule has 6 heteroatoms. The second kappa shape index (κ2) is 14.2. The van der Waals surface area contributed by atoms with E-state index in [1.54, 1.807) is 0 Å². The summed E-state index contributed by atoms with van der Waals surface area (Å²) >= 11 is 0. The monoisotopic (exact) mass is 910 g/mol.